The van der Waals surface area contributed by atoms with E-state index in [0.717, 1.165) is 19.3 Å². The van der Waals surface area contributed by atoms with E-state index in [0.29, 0.717) is 12.1 Å². The molecule has 0 unspecified atom stereocenters. The molecule has 82 valence electrons. The fourth-order valence-corrected chi connectivity index (χ4v) is 1.84. The summed E-state index contributed by atoms with van der Waals surface area (Å²) in [4.78, 5) is 11.6. The summed E-state index contributed by atoms with van der Waals surface area (Å²) < 4.78 is 5.38. The van der Waals surface area contributed by atoms with Crippen LogP contribution in [0.5, 0.6) is 0 Å². The SMILES string of the molecule is COC1(CC(=O)Nc2cn[nH]c2)CCC1. The first kappa shape index (κ1) is 10.2. The molecule has 0 saturated heterocycles. The smallest absolute Gasteiger partial charge is 0.227 e. The molecule has 1 heterocycles. The first-order chi connectivity index (χ1) is 7.24. The Kier molecular flexibility index (Phi) is 2.73. The maximum Gasteiger partial charge on any atom is 0.227 e. The van der Waals surface area contributed by atoms with Gasteiger partial charge in [0.25, 0.3) is 0 Å². The van der Waals surface area contributed by atoms with E-state index in [1.807, 2.05) is 0 Å². The van der Waals surface area contributed by atoms with Crippen molar-refractivity contribution < 1.29 is 9.53 Å². The number of ether oxygens (including phenoxy) is 1. The van der Waals surface area contributed by atoms with E-state index < -0.39 is 0 Å². The predicted octanol–water partition coefficient (Wildman–Crippen LogP) is 1.31. The summed E-state index contributed by atoms with van der Waals surface area (Å²) in [6, 6.07) is 0. The van der Waals surface area contributed by atoms with Gasteiger partial charge in [-0.2, -0.15) is 5.10 Å². The Hall–Kier alpha value is -1.36. The van der Waals surface area contributed by atoms with Crippen LogP contribution in [0.25, 0.3) is 0 Å². The molecule has 15 heavy (non-hydrogen) atoms. The van der Waals surface area contributed by atoms with Crippen LogP contribution in [0.15, 0.2) is 12.4 Å². The molecular formula is C10H15N3O2. The number of carbonyl (C=O) groups excluding carboxylic acids is 1. The lowest BCUT2D eigenvalue weighted by atomic mass is 9.77. The van der Waals surface area contributed by atoms with Crippen molar-refractivity contribution in [3.63, 3.8) is 0 Å². The van der Waals surface area contributed by atoms with Crippen molar-refractivity contribution >= 4 is 11.6 Å². The van der Waals surface area contributed by atoms with Gasteiger partial charge in [0, 0.05) is 13.3 Å². The Morgan fingerprint density at radius 1 is 1.73 bits per heavy atom. The second kappa shape index (κ2) is 4.02. The molecule has 1 aliphatic rings. The summed E-state index contributed by atoms with van der Waals surface area (Å²) in [5.74, 6) is -0.0158. The first-order valence-electron chi connectivity index (χ1n) is 5.08. The number of methoxy groups -OCH3 is 1. The van der Waals surface area contributed by atoms with E-state index in [4.69, 9.17) is 4.74 Å². The third kappa shape index (κ3) is 2.18. The van der Waals surface area contributed by atoms with E-state index in [9.17, 15) is 4.79 Å². The second-order valence-corrected chi connectivity index (χ2v) is 3.95. The molecule has 5 heteroatoms. The Morgan fingerprint density at radius 2 is 2.53 bits per heavy atom. The number of nitrogens with zero attached hydrogens (tertiary/aromatic N) is 1. The Morgan fingerprint density at radius 3 is 3.00 bits per heavy atom. The van der Waals surface area contributed by atoms with Crippen molar-refractivity contribution in [1.29, 1.82) is 0 Å². The zero-order valence-electron chi connectivity index (χ0n) is 8.75. The second-order valence-electron chi connectivity index (χ2n) is 3.95. The van der Waals surface area contributed by atoms with Crippen molar-refractivity contribution in [3.8, 4) is 0 Å². The first-order valence-corrected chi connectivity index (χ1v) is 5.08. The van der Waals surface area contributed by atoms with E-state index in [1.54, 1.807) is 19.5 Å². The van der Waals surface area contributed by atoms with Crippen molar-refractivity contribution in [3.05, 3.63) is 12.4 Å². The molecular weight excluding hydrogens is 194 g/mol. The molecule has 0 atom stereocenters. The molecule has 5 nitrogen and oxygen atoms in total. The number of aromatic nitrogens is 2. The highest BCUT2D eigenvalue weighted by atomic mass is 16.5. The molecule has 2 rings (SSSR count). The van der Waals surface area contributed by atoms with Gasteiger partial charge < -0.3 is 10.1 Å². The molecule has 0 radical (unpaired) electrons. The molecule has 1 saturated carbocycles. The standard InChI is InChI=1S/C10H15N3O2/c1-15-10(3-2-4-10)5-9(14)13-8-6-11-12-7-8/h6-7H,2-5H2,1H3,(H,11,12)(H,13,14). The molecule has 2 N–H and O–H groups in total. The lowest BCUT2D eigenvalue weighted by molar-refractivity contribution is -0.129. The number of hydrogen-bond acceptors (Lipinski definition) is 3. The minimum atomic E-state index is -0.214. The van der Waals surface area contributed by atoms with Gasteiger partial charge in [0.15, 0.2) is 0 Å². The normalized spacial score (nSPS) is 18.2. The number of aromatic amines is 1. The number of carbonyl (C=O) groups is 1. The van der Waals surface area contributed by atoms with Crippen LogP contribution in [0, 0.1) is 0 Å². The van der Waals surface area contributed by atoms with Gasteiger partial charge in [-0.25, -0.2) is 0 Å². The van der Waals surface area contributed by atoms with Crippen molar-refractivity contribution in [1.82, 2.24) is 10.2 Å². The molecule has 0 aromatic carbocycles. The summed E-state index contributed by atoms with van der Waals surface area (Å²) in [7, 11) is 1.67. The van der Waals surface area contributed by atoms with Crippen molar-refractivity contribution in [2.24, 2.45) is 0 Å². The molecule has 1 amide bonds. The quantitative estimate of drug-likeness (QED) is 0.785. The van der Waals surface area contributed by atoms with E-state index in [1.165, 1.54) is 0 Å². The molecule has 1 aliphatic carbocycles. The topological polar surface area (TPSA) is 67.0 Å². The summed E-state index contributed by atoms with van der Waals surface area (Å²) in [5, 5.41) is 9.17. The highest BCUT2D eigenvalue weighted by Gasteiger charge is 2.38. The third-order valence-electron chi connectivity index (χ3n) is 2.96. The average Bonchev–Trinajstić information content (AvgIpc) is 2.64. The largest absolute Gasteiger partial charge is 0.378 e. The van der Waals surface area contributed by atoms with E-state index >= 15 is 0 Å². The van der Waals surface area contributed by atoms with Gasteiger partial charge in [-0.15, -0.1) is 0 Å². The van der Waals surface area contributed by atoms with E-state index in [-0.39, 0.29) is 11.5 Å². The lowest BCUT2D eigenvalue weighted by Gasteiger charge is -2.39. The van der Waals surface area contributed by atoms with Crippen LogP contribution in [-0.4, -0.2) is 28.8 Å². The van der Waals surface area contributed by atoms with Gasteiger partial charge in [-0.05, 0) is 19.3 Å². The third-order valence-corrected chi connectivity index (χ3v) is 2.96. The molecule has 1 fully saturated rings. The van der Waals surface area contributed by atoms with Gasteiger partial charge in [0.1, 0.15) is 0 Å². The van der Waals surface area contributed by atoms with Crippen molar-refractivity contribution in [2.75, 3.05) is 12.4 Å². The summed E-state index contributed by atoms with van der Waals surface area (Å²) in [6.45, 7) is 0. The van der Waals surface area contributed by atoms with Crippen molar-refractivity contribution in [2.45, 2.75) is 31.3 Å². The number of anilines is 1. The molecule has 1 aromatic rings. The summed E-state index contributed by atoms with van der Waals surface area (Å²) in [5.41, 5.74) is 0.485. The van der Waals surface area contributed by atoms with Gasteiger partial charge in [-0.1, -0.05) is 0 Å². The fourth-order valence-electron chi connectivity index (χ4n) is 1.84. The zero-order valence-corrected chi connectivity index (χ0v) is 8.75. The van der Waals surface area contributed by atoms with Gasteiger partial charge in [0.05, 0.1) is 23.9 Å². The predicted molar refractivity (Wildman–Crippen MR) is 55.4 cm³/mol. The highest BCUT2D eigenvalue weighted by molar-refractivity contribution is 5.91. The zero-order chi connectivity index (χ0) is 10.7. The number of H-pyrrole nitrogens is 1. The maximum atomic E-state index is 11.6. The minimum Gasteiger partial charge on any atom is -0.378 e. The Labute approximate surface area is 88.2 Å². The highest BCUT2D eigenvalue weighted by Crippen LogP contribution is 2.38. The molecule has 1 aromatic heterocycles. The van der Waals surface area contributed by atoms with Gasteiger partial charge >= 0.3 is 0 Å². The minimum absolute atomic E-state index is 0.0158. The lowest BCUT2D eigenvalue weighted by Crippen LogP contribution is -2.42. The molecule has 0 bridgehead atoms. The average molecular weight is 209 g/mol. The molecule has 0 spiro atoms. The monoisotopic (exact) mass is 209 g/mol. The summed E-state index contributed by atoms with van der Waals surface area (Å²) >= 11 is 0. The van der Waals surface area contributed by atoms with E-state index in [2.05, 4.69) is 15.5 Å². The maximum absolute atomic E-state index is 11.6. The Bertz CT molecular complexity index is 325. The van der Waals surface area contributed by atoms with Crippen LogP contribution in [-0.2, 0) is 9.53 Å². The Balaban J connectivity index is 1.87. The fraction of sp³-hybridized carbons (Fsp3) is 0.600. The van der Waals surface area contributed by atoms with Gasteiger partial charge in [0.2, 0.25) is 5.91 Å². The van der Waals surface area contributed by atoms with Crippen LogP contribution in [0.2, 0.25) is 0 Å². The van der Waals surface area contributed by atoms with Crippen LogP contribution >= 0.6 is 0 Å². The number of nitrogens with one attached hydrogen (secondary N) is 2. The summed E-state index contributed by atoms with van der Waals surface area (Å²) in [6.07, 6.45) is 6.75. The van der Waals surface area contributed by atoms with Crippen LogP contribution in [0.3, 0.4) is 0 Å². The van der Waals surface area contributed by atoms with Crippen LogP contribution in [0.4, 0.5) is 5.69 Å². The van der Waals surface area contributed by atoms with Crippen LogP contribution in [0.1, 0.15) is 25.7 Å². The number of amides is 1. The van der Waals surface area contributed by atoms with Crippen LogP contribution < -0.4 is 5.32 Å². The number of rotatable bonds is 4. The number of hydrogen-bond donors (Lipinski definition) is 2. The molecule has 0 aliphatic heterocycles. The van der Waals surface area contributed by atoms with Gasteiger partial charge in [-0.3, -0.25) is 9.89 Å².